The maximum Gasteiger partial charge on any atom is 0.237 e. The normalized spacial score (nSPS) is 26.8. The first-order valence-corrected chi connectivity index (χ1v) is 9.07. The van der Waals surface area contributed by atoms with Gasteiger partial charge in [-0.3, -0.25) is 9.59 Å². The fourth-order valence-corrected chi connectivity index (χ4v) is 4.47. The van der Waals surface area contributed by atoms with E-state index in [1.54, 1.807) is 12.1 Å². The zero-order chi connectivity index (χ0) is 16.9. The van der Waals surface area contributed by atoms with Gasteiger partial charge >= 0.3 is 0 Å². The Morgan fingerprint density at radius 3 is 2.67 bits per heavy atom. The Morgan fingerprint density at radius 2 is 1.92 bits per heavy atom. The summed E-state index contributed by atoms with van der Waals surface area (Å²) in [6, 6.07) is 3.47. The van der Waals surface area contributed by atoms with Crippen LogP contribution in [0.1, 0.15) is 24.8 Å². The highest BCUT2D eigenvalue weighted by Gasteiger charge is 2.52. The van der Waals surface area contributed by atoms with Crippen molar-refractivity contribution in [3.8, 4) is 0 Å². The van der Waals surface area contributed by atoms with Gasteiger partial charge in [0, 0.05) is 24.7 Å². The molecule has 1 aromatic carbocycles. The van der Waals surface area contributed by atoms with E-state index in [2.05, 4.69) is 10.6 Å². The first kappa shape index (κ1) is 16.2. The lowest BCUT2D eigenvalue weighted by Crippen LogP contribution is -2.43. The number of carbonyl (C=O) groups is 2. The van der Waals surface area contributed by atoms with Crippen molar-refractivity contribution in [2.24, 2.45) is 5.92 Å². The van der Waals surface area contributed by atoms with E-state index in [1.807, 2.05) is 4.90 Å². The fraction of sp³-hybridized carbons (Fsp3) is 0.529. The molecule has 0 saturated carbocycles. The van der Waals surface area contributed by atoms with E-state index in [-0.39, 0.29) is 17.7 Å². The average molecular weight is 368 g/mol. The van der Waals surface area contributed by atoms with Crippen molar-refractivity contribution in [3.63, 3.8) is 0 Å². The van der Waals surface area contributed by atoms with Gasteiger partial charge in [-0.25, -0.2) is 0 Å². The maximum atomic E-state index is 12.8. The Labute approximate surface area is 150 Å². The Kier molecular flexibility index (Phi) is 3.98. The number of nitrogens with zero attached hydrogens (tertiary/aromatic N) is 1. The topological polar surface area (TPSA) is 61.4 Å². The third kappa shape index (κ3) is 2.41. The number of fused-ring (bicyclic) bond motifs is 2. The number of carbonyl (C=O) groups excluding carboxylic acids is 2. The number of nitrogens with one attached hydrogen (secondary N) is 2. The minimum absolute atomic E-state index is 0.0588. The molecule has 1 atom stereocenters. The first-order valence-electron chi connectivity index (χ1n) is 8.32. The van der Waals surface area contributed by atoms with Crippen LogP contribution < -0.4 is 10.6 Å². The van der Waals surface area contributed by atoms with E-state index in [0.717, 1.165) is 31.5 Å². The van der Waals surface area contributed by atoms with Crippen molar-refractivity contribution in [3.05, 3.63) is 27.7 Å². The summed E-state index contributed by atoms with van der Waals surface area (Å²) in [6.45, 7) is 2.79. The number of hydrogen-bond donors (Lipinski definition) is 2. The van der Waals surface area contributed by atoms with Crippen LogP contribution in [-0.2, 0) is 15.0 Å². The number of likely N-dealkylation sites (tertiary alicyclic amines) is 1. The Balaban J connectivity index is 1.61. The third-order valence-electron chi connectivity index (χ3n) is 5.53. The van der Waals surface area contributed by atoms with E-state index < -0.39 is 5.41 Å². The van der Waals surface area contributed by atoms with Gasteiger partial charge in [0.25, 0.3) is 0 Å². The van der Waals surface area contributed by atoms with E-state index in [4.69, 9.17) is 23.2 Å². The van der Waals surface area contributed by atoms with Crippen LogP contribution >= 0.6 is 23.2 Å². The van der Waals surface area contributed by atoms with Gasteiger partial charge in [-0.05, 0) is 50.0 Å². The Morgan fingerprint density at radius 1 is 1.21 bits per heavy atom. The van der Waals surface area contributed by atoms with Gasteiger partial charge in [0.1, 0.15) is 0 Å². The van der Waals surface area contributed by atoms with Crippen LogP contribution in [0.15, 0.2) is 12.1 Å². The van der Waals surface area contributed by atoms with Crippen LogP contribution in [-0.4, -0.2) is 42.9 Å². The molecule has 0 radical (unpaired) electrons. The van der Waals surface area contributed by atoms with E-state index in [0.29, 0.717) is 35.2 Å². The number of halogens is 2. The van der Waals surface area contributed by atoms with Crippen LogP contribution in [0.4, 0.5) is 5.69 Å². The minimum Gasteiger partial charge on any atom is -0.341 e. The second kappa shape index (κ2) is 5.90. The van der Waals surface area contributed by atoms with Gasteiger partial charge < -0.3 is 15.5 Å². The van der Waals surface area contributed by atoms with E-state index in [1.165, 1.54) is 0 Å². The van der Waals surface area contributed by atoms with Gasteiger partial charge in [0.2, 0.25) is 11.8 Å². The van der Waals surface area contributed by atoms with Crippen molar-refractivity contribution >= 4 is 40.7 Å². The molecule has 2 saturated heterocycles. The van der Waals surface area contributed by atoms with Crippen molar-refractivity contribution in [1.29, 1.82) is 0 Å². The third-order valence-corrected chi connectivity index (χ3v) is 6.25. The predicted octanol–water partition coefficient (Wildman–Crippen LogP) is 2.42. The van der Waals surface area contributed by atoms with Gasteiger partial charge in [-0.2, -0.15) is 0 Å². The molecule has 5 nitrogen and oxygen atoms in total. The molecule has 0 unspecified atom stereocenters. The zero-order valence-corrected chi connectivity index (χ0v) is 14.7. The molecule has 7 heteroatoms. The molecular weight excluding hydrogens is 349 g/mol. The predicted molar refractivity (Wildman–Crippen MR) is 93.6 cm³/mol. The van der Waals surface area contributed by atoms with Crippen LogP contribution in [0.3, 0.4) is 0 Å². The number of rotatable bonds is 1. The lowest BCUT2D eigenvalue weighted by atomic mass is 9.81. The molecule has 2 N–H and O–H groups in total. The largest absolute Gasteiger partial charge is 0.341 e. The summed E-state index contributed by atoms with van der Waals surface area (Å²) >= 11 is 12.2. The summed E-state index contributed by atoms with van der Waals surface area (Å²) in [5.41, 5.74) is 0.889. The molecule has 2 amide bonds. The molecular formula is C17H19Cl2N3O2. The zero-order valence-electron chi connectivity index (χ0n) is 13.2. The quantitative estimate of drug-likeness (QED) is 0.801. The minimum atomic E-state index is -0.688. The molecule has 24 heavy (non-hydrogen) atoms. The van der Waals surface area contributed by atoms with Crippen molar-refractivity contribution in [1.82, 2.24) is 10.2 Å². The highest BCUT2D eigenvalue weighted by molar-refractivity contribution is 6.42. The molecule has 3 aliphatic rings. The van der Waals surface area contributed by atoms with Crippen LogP contribution in [0.25, 0.3) is 0 Å². The van der Waals surface area contributed by atoms with Crippen LogP contribution in [0.2, 0.25) is 10.0 Å². The lowest BCUT2D eigenvalue weighted by molar-refractivity contribution is -0.135. The van der Waals surface area contributed by atoms with Crippen LogP contribution in [0, 0.1) is 5.92 Å². The number of benzene rings is 1. The van der Waals surface area contributed by atoms with E-state index >= 15 is 0 Å². The number of amides is 2. The molecule has 2 fully saturated rings. The number of hydrogen-bond acceptors (Lipinski definition) is 3. The maximum absolute atomic E-state index is 12.8. The Hall–Kier alpha value is -1.30. The number of anilines is 1. The molecule has 0 aromatic heterocycles. The summed E-state index contributed by atoms with van der Waals surface area (Å²) in [7, 11) is 0. The van der Waals surface area contributed by atoms with Gasteiger partial charge in [0.15, 0.2) is 0 Å². The summed E-state index contributed by atoms with van der Waals surface area (Å²) in [5.74, 6) is 0.185. The molecule has 3 aliphatic heterocycles. The SMILES string of the molecule is O=C(C1CCNCC1)N1CC[C@]2(C1)C(=O)Nc1cc(Cl)c(Cl)cc12. The molecule has 0 bridgehead atoms. The summed E-state index contributed by atoms with van der Waals surface area (Å²) in [6.07, 6.45) is 2.36. The molecule has 1 spiro atoms. The standard InChI is InChI=1S/C17H19Cl2N3O2/c18-12-7-11-14(8-13(12)19)21-16(24)17(11)3-6-22(9-17)15(23)10-1-4-20-5-2-10/h7-8,10,20H,1-6,9H2,(H,21,24)/t17-/m1/s1. The molecule has 4 rings (SSSR count). The highest BCUT2D eigenvalue weighted by atomic mass is 35.5. The molecule has 3 heterocycles. The summed E-state index contributed by atoms with van der Waals surface area (Å²) in [4.78, 5) is 27.3. The van der Waals surface area contributed by atoms with Gasteiger partial charge in [0.05, 0.1) is 15.5 Å². The van der Waals surface area contributed by atoms with E-state index in [9.17, 15) is 9.59 Å². The average Bonchev–Trinajstić information content (AvgIpc) is 3.13. The highest BCUT2D eigenvalue weighted by Crippen LogP contribution is 2.47. The molecule has 1 aromatic rings. The summed E-state index contributed by atoms with van der Waals surface area (Å²) < 4.78 is 0. The summed E-state index contributed by atoms with van der Waals surface area (Å²) in [5, 5.41) is 7.05. The van der Waals surface area contributed by atoms with Gasteiger partial charge in [-0.1, -0.05) is 23.2 Å². The number of piperidine rings is 1. The van der Waals surface area contributed by atoms with Crippen molar-refractivity contribution in [2.45, 2.75) is 24.7 Å². The first-order chi connectivity index (χ1) is 11.5. The molecule has 128 valence electrons. The van der Waals surface area contributed by atoms with Crippen molar-refractivity contribution in [2.75, 3.05) is 31.5 Å². The second-order valence-electron chi connectivity index (χ2n) is 6.88. The van der Waals surface area contributed by atoms with Crippen molar-refractivity contribution < 1.29 is 9.59 Å². The van der Waals surface area contributed by atoms with Gasteiger partial charge in [-0.15, -0.1) is 0 Å². The monoisotopic (exact) mass is 367 g/mol. The second-order valence-corrected chi connectivity index (χ2v) is 7.70. The van der Waals surface area contributed by atoms with Crippen LogP contribution in [0.5, 0.6) is 0 Å². The lowest BCUT2D eigenvalue weighted by Gasteiger charge is -2.28. The molecule has 0 aliphatic carbocycles. The fourth-order valence-electron chi connectivity index (χ4n) is 4.14. The smallest absolute Gasteiger partial charge is 0.237 e. The Bertz CT molecular complexity index is 718.